The number of carbonyl (C=O) groups is 5. The molecule has 3 aliphatic heterocycles. The molecule has 19 heteroatoms. The Morgan fingerprint density at radius 1 is 1.09 bits per heavy atom. The van der Waals surface area contributed by atoms with Gasteiger partial charge in [0, 0.05) is 81.5 Å². The summed E-state index contributed by atoms with van der Waals surface area (Å²) in [4.78, 5) is 76.7. The van der Waals surface area contributed by atoms with Gasteiger partial charge < -0.3 is 34.3 Å². The molecule has 366 valence electrons. The van der Waals surface area contributed by atoms with Crippen LogP contribution in [0.5, 0.6) is 5.75 Å². The summed E-state index contributed by atoms with van der Waals surface area (Å²) in [5.74, 6) is -3.31. The van der Waals surface area contributed by atoms with Crippen LogP contribution in [0.3, 0.4) is 0 Å². The van der Waals surface area contributed by atoms with Crippen molar-refractivity contribution in [3.05, 3.63) is 71.5 Å². The van der Waals surface area contributed by atoms with E-state index in [2.05, 4.69) is 53.2 Å². The predicted octanol–water partition coefficient (Wildman–Crippen LogP) is 3.48. The molecule has 0 spiro atoms. The van der Waals surface area contributed by atoms with Crippen molar-refractivity contribution >= 4 is 50.5 Å². The molecule has 4 amide bonds. The summed E-state index contributed by atoms with van der Waals surface area (Å²) in [5, 5.41) is 16.5. The molecular formula is C49H64N8O10S. The van der Waals surface area contributed by atoms with E-state index < -0.39 is 81.7 Å². The van der Waals surface area contributed by atoms with E-state index in [1.807, 2.05) is 24.4 Å². The van der Waals surface area contributed by atoms with Gasteiger partial charge in [0.15, 0.2) is 0 Å². The smallest absolute Gasteiger partial charge is 0.324 e. The lowest BCUT2D eigenvalue weighted by Crippen LogP contribution is -2.62. The molecule has 0 radical (unpaired) electrons. The number of nitrogens with one attached hydrogen (secondary N) is 2. The number of ether oxygens (including phenoxy) is 2. The van der Waals surface area contributed by atoms with E-state index in [1.165, 1.54) is 24.0 Å². The highest BCUT2D eigenvalue weighted by molar-refractivity contribution is 7.88. The van der Waals surface area contributed by atoms with Gasteiger partial charge in [0.05, 0.1) is 31.7 Å². The summed E-state index contributed by atoms with van der Waals surface area (Å²) in [5.41, 5.74) is 9.43. The number of rotatable bonds is 12. The van der Waals surface area contributed by atoms with Crippen LogP contribution in [-0.2, 0) is 69.5 Å². The van der Waals surface area contributed by atoms with E-state index in [0.717, 1.165) is 54.3 Å². The van der Waals surface area contributed by atoms with Crippen molar-refractivity contribution in [1.82, 2.24) is 39.4 Å². The molecule has 7 rings (SSSR count). The lowest BCUT2D eigenvalue weighted by Gasteiger charge is -2.37. The number of hydrogen-bond acceptors (Lipinski definition) is 12. The number of hydrogen-bond donors (Lipinski definition) is 3. The predicted molar refractivity (Wildman–Crippen MR) is 255 cm³/mol. The Morgan fingerprint density at radius 2 is 1.84 bits per heavy atom. The van der Waals surface area contributed by atoms with Gasteiger partial charge in [-0.2, -0.15) is 4.31 Å². The quantitative estimate of drug-likeness (QED) is 0.138. The topological polar surface area (TPSA) is 213 Å². The molecule has 5 heterocycles. The zero-order valence-corrected chi connectivity index (χ0v) is 41.2. The van der Waals surface area contributed by atoms with Crippen molar-refractivity contribution in [2.75, 3.05) is 53.7 Å². The highest BCUT2D eigenvalue weighted by atomic mass is 32.2. The highest BCUT2D eigenvalue weighted by Crippen LogP contribution is 2.41. The molecule has 0 aliphatic carbocycles. The molecule has 2 fully saturated rings. The molecule has 5 atom stereocenters. The maximum atomic E-state index is 14.7. The van der Waals surface area contributed by atoms with Gasteiger partial charge in [-0.15, -0.1) is 0 Å². The third-order valence-corrected chi connectivity index (χ3v) is 14.3. The monoisotopic (exact) mass is 956 g/mol. The number of aromatic nitrogens is 2. The Balaban J connectivity index is 1.26. The molecule has 6 bridgehead atoms. The third-order valence-electron chi connectivity index (χ3n) is 13.1. The van der Waals surface area contributed by atoms with Gasteiger partial charge in [0.25, 0.3) is 5.91 Å². The summed E-state index contributed by atoms with van der Waals surface area (Å²) in [6, 6.07) is 9.10. The van der Waals surface area contributed by atoms with Gasteiger partial charge in [-0.1, -0.05) is 39.8 Å². The van der Waals surface area contributed by atoms with Crippen LogP contribution < -0.4 is 10.7 Å². The molecule has 68 heavy (non-hydrogen) atoms. The second-order valence-electron chi connectivity index (χ2n) is 19.4. The van der Waals surface area contributed by atoms with Crippen molar-refractivity contribution in [3.8, 4) is 28.1 Å². The minimum atomic E-state index is -3.58. The molecule has 18 nitrogen and oxygen atoms in total. The number of aromatic hydroxyl groups is 1. The Kier molecular flexibility index (Phi) is 14.7. The summed E-state index contributed by atoms with van der Waals surface area (Å²) in [6.07, 6.45) is 5.94. The average molecular weight is 957 g/mol. The first-order chi connectivity index (χ1) is 32.1. The number of phenols is 1. The first kappa shape index (κ1) is 50.0. The van der Waals surface area contributed by atoms with Crippen molar-refractivity contribution in [1.29, 1.82) is 0 Å². The lowest BCUT2D eigenvalue weighted by molar-refractivity contribution is -0.155. The number of methoxy groups -OCH3 is 1. The normalized spacial score (nSPS) is 21.2. The fraction of sp³-hybridized carbons (Fsp3) is 0.510. The number of nitrogens with zero attached hydrogens (tertiary/aromatic N) is 6. The van der Waals surface area contributed by atoms with Crippen LogP contribution in [0.15, 0.2) is 54.9 Å². The minimum absolute atomic E-state index is 0.0263. The Bertz CT molecular complexity index is 2720. The van der Waals surface area contributed by atoms with Crippen LogP contribution in [0.25, 0.3) is 33.3 Å². The lowest BCUT2D eigenvalue weighted by atomic mass is 9.84. The van der Waals surface area contributed by atoms with Gasteiger partial charge in [-0.3, -0.25) is 34.0 Å². The number of hydrazine groups is 1. The van der Waals surface area contributed by atoms with E-state index >= 15 is 0 Å². The summed E-state index contributed by atoms with van der Waals surface area (Å²) in [6.45, 7) is 10.6. The molecule has 0 saturated carbocycles. The van der Waals surface area contributed by atoms with Crippen LogP contribution in [0.1, 0.15) is 64.2 Å². The van der Waals surface area contributed by atoms with Gasteiger partial charge in [0.2, 0.25) is 27.7 Å². The fourth-order valence-electron chi connectivity index (χ4n) is 9.61. The summed E-state index contributed by atoms with van der Waals surface area (Å²) < 4.78 is 38.9. The molecular weight excluding hydrogens is 893 g/mol. The molecule has 3 N–H and O–H groups in total. The number of carbonyl (C=O) groups excluding carboxylic acids is 5. The maximum Gasteiger partial charge on any atom is 0.324 e. The van der Waals surface area contributed by atoms with Crippen molar-refractivity contribution < 1.29 is 47.0 Å². The number of amides is 4. The molecule has 4 aromatic rings. The van der Waals surface area contributed by atoms with Crippen molar-refractivity contribution in [2.24, 2.45) is 11.3 Å². The van der Waals surface area contributed by atoms with Crippen molar-refractivity contribution in [3.63, 3.8) is 0 Å². The van der Waals surface area contributed by atoms with Crippen LogP contribution >= 0.6 is 0 Å². The van der Waals surface area contributed by atoms with Gasteiger partial charge >= 0.3 is 5.97 Å². The van der Waals surface area contributed by atoms with Gasteiger partial charge in [0.1, 0.15) is 29.9 Å². The number of pyridine rings is 1. The molecule has 2 aromatic heterocycles. The first-order valence-corrected chi connectivity index (χ1v) is 24.9. The van der Waals surface area contributed by atoms with E-state index in [-0.39, 0.29) is 31.9 Å². The number of aryl methyl sites for hydroxylation is 1. The summed E-state index contributed by atoms with van der Waals surface area (Å²) >= 11 is 0. The van der Waals surface area contributed by atoms with E-state index in [0.29, 0.717) is 43.5 Å². The van der Waals surface area contributed by atoms with E-state index in [1.54, 1.807) is 39.3 Å². The molecule has 2 aromatic carbocycles. The number of fused-ring (bicyclic) bond motifs is 6. The van der Waals surface area contributed by atoms with Crippen LogP contribution in [-0.4, -0.2) is 150 Å². The summed E-state index contributed by atoms with van der Waals surface area (Å²) in [7, 11) is 0.914. The first-order valence-electron chi connectivity index (χ1n) is 23.0. The number of likely N-dealkylation sites (N-methyl/N-ethyl adjacent to an activating group) is 2. The SMILES string of the molecule is CCn1c(-c2cnccc2COC)c2c3cc(ccc31)-c1cc(O)cc(c1)C[C@H](NC(=O)[C@H](C(C)C)N(C)C(=O)CN(C)C(=O)[C@H]1CN1S(C)(=O)=O)C(=O)N1CCC[C@H](N1)C(=O)OCC(C)(C)C2. The van der Waals surface area contributed by atoms with Crippen LogP contribution in [0, 0.1) is 11.3 Å². The molecule has 3 aliphatic rings. The fourth-order valence-corrected chi connectivity index (χ4v) is 10.6. The number of benzene rings is 2. The highest BCUT2D eigenvalue weighted by Gasteiger charge is 2.48. The van der Waals surface area contributed by atoms with Crippen molar-refractivity contribution in [2.45, 2.75) is 97.6 Å². The zero-order valence-electron chi connectivity index (χ0n) is 40.4. The van der Waals surface area contributed by atoms with Crippen LogP contribution in [0.4, 0.5) is 0 Å². The Hall–Kier alpha value is -5.89. The molecule has 2 saturated heterocycles. The average Bonchev–Trinajstić information content (AvgIpc) is 4.06. The number of phenolic OH excluding ortho intramolecular Hbond substituents is 1. The number of cyclic esters (lactones) is 1. The Morgan fingerprint density at radius 3 is 2.51 bits per heavy atom. The maximum absolute atomic E-state index is 14.7. The zero-order chi connectivity index (χ0) is 49.4. The standard InChI is InChI=1S/C49H64N8O10S/c1-10-55-40-14-13-31-22-35(40)36(44(55)37-24-50-16-15-32(37)27-66-8)23-49(4,5)28-67-48(63)38-12-11-17-56(52-38)46(61)39(20-30-18-33(31)21-34(58)19-30)51-45(60)43(29(2)3)54(7)42(59)26-53(6)47(62)41-25-57(41)68(9,64)65/h13-16,18-19,21-22,24,29,38-39,41,43,52,58H,10-12,17,20,23,25-28H2,1-9H3,(H,51,60)/t38-,39-,41+,43-,57?/m0/s1. The Labute approximate surface area is 397 Å². The van der Waals surface area contributed by atoms with Crippen LogP contribution in [0.2, 0.25) is 0 Å². The number of esters is 1. The second kappa shape index (κ2) is 20.0. The number of sulfonamides is 1. The minimum Gasteiger partial charge on any atom is -0.508 e. The molecule has 1 unspecified atom stereocenters. The van der Waals surface area contributed by atoms with Gasteiger partial charge in [-0.05, 0) is 90.3 Å². The third kappa shape index (κ3) is 10.7. The second-order valence-corrected chi connectivity index (χ2v) is 21.4. The van der Waals surface area contributed by atoms with E-state index in [4.69, 9.17) is 9.47 Å². The van der Waals surface area contributed by atoms with E-state index in [9.17, 15) is 37.5 Å². The van der Waals surface area contributed by atoms with Gasteiger partial charge in [-0.25, -0.2) is 13.8 Å². The largest absolute Gasteiger partial charge is 0.508 e.